The van der Waals surface area contributed by atoms with Crippen molar-refractivity contribution in [1.82, 2.24) is 24.7 Å². The highest BCUT2D eigenvalue weighted by Gasteiger charge is 2.15. The molecule has 7 nitrogen and oxygen atoms in total. The smallest absolute Gasteiger partial charge is 0.213 e. The van der Waals surface area contributed by atoms with Gasteiger partial charge < -0.3 is 5.32 Å². The van der Waals surface area contributed by atoms with Crippen molar-refractivity contribution in [3.05, 3.63) is 18.0 Å². The van der Waals surface area contributed by atoms with E-state index in [1.54, 1.807) is 24.0 Å². The molecule has 19 heavy (non-hydrogen) atoms. The first-order valence-electron chi connectivity index (χ1n) is 6.44. The maximum Gasteiger partial charge on any atom is 0.213 e. The van der Waals surface area contributed by atoms with Crippen molar-refractivity contribution < 1.29 is 8.42 Å². The Kier molecular flexibility index (Phi) is 4.92. The van der Waals surface area contributed by atoms with Gasteiger partial charge in [-0.3, -0.25) is 9.58 Å². The molecule has 2 N–H and O–H groups in total. The molecular formula is C11H21N5O2S. The Balaban J connectivity index is 1.76. The van der Waals surface area contributed by atoms with Gasteiger partial charge in [-0.25, -0.2) is 13.1 Å². The van der Waals surface area contributed by atoms with Crippen molar-refractivity contribution in [2.45, 2.75) is 6.54 Å². The van der Waals surface area contributed by atoms with Gasteiger partial charge >= 0.3 is 0 Å². The van der Waals surface area contributed by atoms with Crippen LogP contribution in [0.1, 0.15) is 5.69 Å². The molecule has 0 aromatic carbocycles. The molecule has 0 spiro atoms. The highest BCUT2D eigenvalue weighted by atomic mass is 32.2. The molecule has 1 fully saturated rings. The lowest BCUT2D eigenvalue weighted by Crippen LogP contribution is -2.45. The van der Waals surface area contributed by atoms with E-state index in [9.17, 15) is 8.42 Å². The van der Waals surface area contributed by atoms with Crippen molar-refractivity contribution >= 4 is 10.0 Å². The monoisotopic (exact) mass is 287 g/mol. The van der Waals surface area contributed by atoms with Crippen LogP contribution in [0.3, 0.4) is 0 Å². The molecule has 0 amide bonds. The van der Waals surface area contributed by atoms with Crippen molar-refractivity contribution in [2.75, 3.05) is 38.5 Å². The van der Waals surface area contributed by atoms with Crippen LogP contribution in [0.5, 0.6) is 0 Å². The summed E-state index contributed by atoms with van der Waals surface area (Å²) in [4.78, 5) is 2.17. The minimum absolute atomic E-state index is 0.144. The van der Waals surface area contributed by atoms with Gasteiger partial charge in [-0.05, 0) is 6.07 Å². The van der Waals surface area contributed by atoms with E-state index in [1.807, 2.05) is 0 Å². The summed E-state index contributed by atoms with van der Waals surface area (Å²) in [5.74, 6) is 0.144. The lowest BCUT2D eigenvalue weighted by Gasteiger charge is -2.26. The Bertz CT molecular complexity index is 493. The molecule has 2 rings (SSSR count). The number of aryl methyl sites for hydroxylation is 1. The minimum Gasteiger partial charge on any atom is -0.314 e. The molecule has 1 saturated heterocycles. The van der Waals surface area contributed by atoms with E-state index < -0.39 is 10.0 Å². The molecular weight excluding hydrogens is 266 g/mol. The number of nitrogens with one attached hydrogen (secondary N) is 2. The molecule has 0 saturated carbocycles. The Morgan fingerprint density at radius 2 is 2.16 bits per heavy atom. The Morgan fingerprint density at radius 3 is 2.79 bits per heavy atom. The van der Waals surface area contributed by atoms with Crippen LogP contribution in [0.15, 0.2) is 12.3 Å². The molecule has 1 aromatic heterocycles. The van der Waals surface area contributed by atoms with Gasteiger partial charge in [0.1, 0.15) is 0 Å². The molecule has 1 aliphatic rings. The predicted octanol–water partition coefficient (Wildman–Crippen LogP) is -1.26. The average molecular weight is 287 g/mol. The zero-order valence-corrected chi connectivity index (χ0v) is 12.0. The molecule has 0 aliphatic carbocycles. The summed E-state index contributed by atoms with van der Waals surface area (Å²) in [5, 5.41) is 7.25. The number of rotatable bonds is 6. The van der Waals surface area contributed by atoms with Gasteiger partial charge in [0.15, 0.2) is 0 Å². The van der Waals surface area contributed by atoms with Gasteiger partial charge in [-0.1, -0.05) is 0 Å². The molecule has 1 aliphatic heterocycles. The van der Waals surface area contributed by atoms with Gasteiger partial charge in [0.05, 0.1) is 18.0 Å². The summed E-state index contributed by atoms with van der Waals surface area (Å²) in [6.45, 7) is 4.57. The second kappa shape index (κ2) is 6.47. The standard InChI is InChI=1S/C11H21N5O2S/c1-15-11(2-3-13-15)10-14-19(17,18)9-8-16-6-4-12-5-7-16/h2-3,12,14H,4-10H2,1H3. The van der Waals surface area contributed by atoms with E-state index in [4.69, 9.17) is 0 Å². The summed E-state index contributed by atoms with van der Waals surface area (Å²) in [6.07, 6.45) is 1.66. The zero-order chi connectivity index (χ0) is 13.7. The zero-order valence-electron chi connectivity index (χ0n) is 11.2. The summed E-state index contributed by atoms with van der Waals surface area (Å²) in [7, 11) is -1.43. The second-order valence-corrected chi connectivity index (χ2v) is 6.60. The first kappa shape index (κ1) is 14.4. The largest absolute Gasteiger partial charge is 0.314 e. The van der Waals surface area contributed by atoms with Crippen LogP contribution in [0.4, 0.5) is 0 Å². The molecule has 0 radical (unpaired) electrons. The van der Waals surface area contributed by atoms with Crippen LogP contribution in [0.2, 0.25) is 0 Å². The van der Waals surface area contributed by atoms with E-state index in [0.29, 0.717) is 13.1 Å². The SMILES string of the molecule is Cn1nccc1CNS(=O)(=O)CCN1CCNCC1. The fraction of sp³-hybridized carbons (Fsp3) is 0.727. The van der Waals surface area contributed by atoms with Crippen LogP contribution in [0, 0.1) is 0 Å². The lowest BCUT2D eigenvalue weighted by atomic mass is 10.4. The average Bonchev–Trinajstić information content (AvgIpc) is 2.81. The fourth-order valence-electron chi connectivity index (χ4n) is 2.01. The van der Waals surface area contributed by atoms with Crippen LogP contribution in [-0.2, 0) is 23.6 Å². The van der Waals surface area contributed by atoms with E-state index in [1.165, 1.54) is 0 Å². The Morgan fingerprint density at radius 1 is 1.42 bits per heavy atom. The highest BCUT2D eigenvalue weighted by Crippen LogP contribution is 1.98. The maximum absolute atomic E-state index is 11.9. The van der Waals surface area contributed by atoms with Gasteiger partial charge in [0.2, 0.25) is 10.0 Å². The molecule has 0 atom stereocenters. The third kappa shape index (κ3) is 4.57. The predicted molar refractivity (Wildman–Crippen MR) is 73.1 cm³/mol. The lowest BCUT2D eigenvalue weighted by molar-refractivity contribution is 0.253. The highest BCUT2D eigenvalue weighted by molar-refractivity contribution is 7.89. The molecule has 8 heteroatoms. The van der Waals surface area contributed by atoms with E-state index in [0.717, 1.165) is 31.9 Å². The van der Waals surface area contributed by atoms with Crippen molar-refractivity contribution in [3.8, 4) is 0 Å². The van der Waals surface area contributed by atoms with Gasteiger partial charge in [-0.2, -0.15) is 5.10 Å². The van der Waals surface area contributed by atoms with Gasteiger partial charge in [-0.15, -0.1) is 0 Å². The summed E-state index contributed by atoms with van der Waals surface area (Å²) in [6, 6.07) is 1.80. The number of hydrogen-bond donors (Lipinski definition) is 2. The number of sulfonamides is 1. The molecule has 1 aromatic rings. The number of piperazine rings is 1. The third-order valence-electron chi connectivity index (χ3n) is 3.28. The van der Waals surface area contributed by atoms with Crippen LogP contribution in [-0.4, -0.2) is 61.6 Å². The molecule has 0 bridgehead atoms. The Hall–Kier alpha value is -0.960. The first-order chi connectivity index (χ1) is 9.07. The molecule has 2 heterocycles. The van der Waals surface area contributed by atoms with Crippen LogP contribution in [0.25, 0.3) is 0 Å². The fourth-order valence-corrected chi connectivity index (χ4v) is 3.03. The van der Waals surface area contributed by atoms with E-state index >= 15 is 0 Å². The summed E-state index contributed by atoms with van der Waals surface area (Å²) in [5.41, 5.74) is 0.853. The Labute approximate surface area is 114 Å². The number of nitrogens with zero attached hydrogens (tertiary/aromatic N) is 3. The topological polar surface area (TPSA) is 79.3 Å². The second-order valence-electron chi connectivity index (χ2n) is 4.68. The molecule has 108 valence electrons. The quantitative estimate of drug-likeness (QED) is 0.683. The van der Waals surface area contributed by atoms with Crippen LogP contribution >= 0.6 is 0 Å². The summed E-state index contributed by atoms with van der Waals surface area (Å²) < 4.78 is 28.1. The molecule has 0 unspecified atom stereocenters. The number of hydrogen-bond acceptors (Lipinski definition) is 5. The third-order valence-corrected chi connectivity index (χ3v) is 4.59. The maximum atomic E-state index is 11.9. The van der Waals surface area contributed by atoms with Gasteiger partial charge in [0, 0.05) is 46.0 Å². The van der Waals surface area contributed by atoms with Crippen molar-refractivity contribution in [3.63, 3.8) is 0 Å². The number of aromatic nitrogens is 2. The first-order valence-corrected chi connectivity index (χ1v) is 8.09. The minimum atomic E-state index is -3.23. The van der Waals surface area contributed by atoms with Crippen molar-refractivity contribution in [2.24, 2.45) is 7.05 Å². The summed E-state index contributed by atoms with van der Waals surface area (Å²) >= 11 is 0. The van der Waals surface area contributed by atoms with Crippen LogP contribution < -0.4 is 10.0 Å². The van der Waals surface area contributed by atoms with E-state index in [2.05, 4.69) is 20.0 Å². The van der Waals surface area contributed by atoms with E-state index in [-0.39, 0.29) is 5.75 Å². The normalized spacial score (nSPS) is 17.7. The van der Waals surface area contributed by atoms with Crippen molar-refractivity contribution in [1.29, 1.82) is 0 Å². The van der Waals surface area contributed by atoms with Gasteiger partial charge in [0.25, 0.3) is 0 Å².